The average molecular weight is 601 g/mol. The van der Waals surface area contributed by atoms with Crippen molar-refractivity contribution in [2.45, 2.75) is 82.1 Å². The first-order valence-corrected chi connectivity index (χ1v) is 15.2. The second-order valence-electron chi connectivity index (χ2n) is 13.0. The van der Waals surface area contributed by atoms with E-state index in [-0.39, 0.29) is 35.2 Å². The molecular formula is C34H35F3N6O. The molecule has 0 bridgehead atoms. The first-order chi connectivity index (χ1) is 21.0. The Bertz CT molecular complexity index is 1720. The van der Waals surface area contributed by atoms with Gasteiger partial charge in [0, 0.05) is 42.1 Å². The van der Waals surface area contributed by atoms with Crippen LogP contribution in [0, 0.1) is 0 Å². The number of carbonyl (C=O) groups is 1. The number of hydrogen-bond acceptors (Lipinski definition) is 5. The van der Waals surface area contributed by atoms with Gasteiger partial charge in [0.05, 0.1) is 17.8 Å². The van der Waals surface area contributed by atoms with E-state index in [9.17, 15) is 18.0 Å². The Hall–Kier alpha value is -4.05. The fourth-order valence-electron chi connectivity index (χ4n) is 6.87. The van der Waals surface area contributed by atoms with Gasteiger partial charge in [-0.2, -0.15) is 13.2 Å². The van der Waals surface area contributed by atoms with Crippen LogP contribution in [0.5, 0.6) is 0 Å². The van der Waals surface area contributed by atoms with Crippen LogP contribution in [-0.4, -0.2) is 31.2 Å². The summed E-state index contributed by atoms with van der Waals surface area (Å²) in [6, 6.07) is 16.5. The van der Waals surface area contributed by atoms with Crippen molar-refractivity contribution < 1.29 is 18.0 Å². The molecule has 2 aromatic heterocycles. The highest BCUT2D eigenvalue weighted by Gasteiger charge is 2.43. The van der Waals surface area contributed by atoms with Crippen molar-refractivity contribution in [3.8, 4) is 11.3 Å². The molecule has 0 radical (unpaired) electrons. The summed E-state index contributed by atoms with van der Waals surface area (Å²) < 4.78 is 45.2. The molecule has 10 heteroatoms. The fourth-order valence-corrected chi connectivity index (χ4v) is 6.87. The van der Waals surface area contributed by atoms with Crippen molar-refractivity contribution in [3.63, 3.8) is 0 Å². The minimum Gasteiger partial charge on any atom is -0.321 e. The summed E-state index contributed by atoms with van der Waals surface area (Å²) >= 11 is 0. The SMILES string of the molecule is Cn1cnnc1CC1(c2cc(-c3ccccc3)nc(N3Cc4c(cc(CNC5(C)CCC5)cc4C(F)(F)F)C3=O)c2)CCC1. The normalized spacial score (nSPS) is 18.6. The van der Waals surface area contributed by atoms with Crippen molar-refractivity contribution in [2.24, 2.45) is 7.05 Å². The third-order valence-corrected chi connectivity index (χ3v) is 9.97. The van der Waals surface area contributed by atoms with Gasteiger partial charge < -0.3 is 9.88 Å². The van der Waals surface area contributed by atoms with Crippen LogP contribution in [-0.2, 0) is 38.1 Å². The molecule has 2 aromatic carbocycles. The van der Waals surface area contributed by atoms with Gasteiger partial charge in [0.1, 0.15) is 18.0 Å². The van der Waals surface area contributed by atoms with Crippen molar-refractivity contribution in [1.82, 2.24) is 25.1 Å². The van der Waals surface area contributed by atoms with Crippen molar-refractivity contribution >= 4 is 11.7 Å². The number of alkyl halides is 3. The molecule has 7 nitrogen and oxygen atoms in total. The molecule has 228 valence electrons. The molecule has 1 N–H and O–H groups in total. The van der Waals surface area contributed by atoms with Crippen LogP contribution in [0.25, 0.3) is 11.3 Å². The number of rotatable bonds is 8. The number of amides is 1. The first-order valence-electron chi connectivity index (χ1n) is 15.2. The molecule has 0 saturated heterocycles. The van der Waals surface area contributed by atoms with Gasteiger partial charge in [-0.05, 0) is 80.0 Å². The van der Waals surface area contributed by atoms with Crippen molar-refractivity contribution in [1.29, 1.82) is 0 Å². The van der Waals surface area contributed by atoms with E-state index in [1.807, 2.05) is 48.0 Å². The summed E-state index contributed by atoms with van der Waals surface area (Å²) in [4.78, 5) is 20.3. The number of fused-ring (bicyclic) bond motifs is 1. The van der Waals surface area contributed by atoms with E-state index in [0.29, 0.717) is 23.5 Å². The number of anilines is 1. The third kappa shape index (κ3) is 5.08. The number of hydrogen-bond donors (Lipinski definition) is 1. The number of benzene rings is 2. The van der Waals surface area contributed by atoms with Crippen LogP contribution in [0.15, 0.2) is 60.9 Å². The summed E-state index contributed by atoms with van der Waals surface area (Å²) in [6.45, 7) is 2.18. The number of aromatic nitrogens is 4. The van der Waals surface area contributed by atoms with Gasteiger partial charge in [-0.25, -0.2) is 4.98 Å². The zero-order chi connectivity index (χ0) is 30.7. The van der Waals surface area contributed by atoms with Gasteiger partial charge in [-0.1, -0.05) is 36.8 Å². The predicted molar refractivity (Wildman–Crippen MR) is 161 cm³/mol. The molecule has 2 aliphatic carbocycles. The van der Waals surface area contributed by atoms with E-state index >= 15 is 0 Å². The largest absolute Gasteiger partial charge is 0.416 e. The minimum atomic E-state index is -4.59. The Morgan fingerprint density at radius 2 is 1.75 bits per heavy atom. The zero-order valence-corrected chi connectivity index (χ0v) is 24.9. The molecule has 2 fully saturated rings. The van der Waals surface area contributed by atoms with E-state index in [1.165, 1.54) is 11.0 Å². The molecule has 2 saturated carbocycles. The summed E-state index contributed by atoms with van der Waals surface area (Å²) in [5, 5.41) is 11.8. The van der Waals surface area contributed by atoms with E-state index in [0.717, 1.165) is 55.5 Å². The van der Waals surface area contributed by atoms with E-state index in [2.05, 4.69) is 28.5 Å². The van der Waals surface area contributed by atoms with Crippen molar-refractivity contribution in [2.75, 3.05) is 4.90 Å². The summed E-state index contributed by atoms with van der Waals surface area (Å²) in [5.74, 6) is 0.768. The lowest BCUT2D eigenvalue weighted by Crippen LogP contribution is -2.47. The van der Waals surface area contributed by atoms with Gasteiger partial charge in [0.2, 0.25) is 0 Å². The molecular weight excluding hydrogens is 565 g/mol. The number of nitrogens with zero attached hydrogens (tertiary/aromatic N) is 5. The quantitative estimate of drug-likeness (QED) is 0.242. The number of carbonyl (C=O) groups excluding carboxylic acids is 1. The Kier molecular flexibility index (Phi) is 6.88. The van der Waals surface area contributed by atoms with Gasteiger partial charge in [-0.3, -0.25) is 9.69 Å². The molecule has 0 atom stereocenters. The summed E-state index contributed by atoms with van der Waals surface area (Å²) in [6.07, 6.45) is 3.75. The molecule has 3 heterocycles. The lowest BCUT2D eigenvalue weighted by molar-refractivity contribution is -0.138. The van der Waals surface area contributed by atoms with Crippen LogP contribution < -0.4 is 10.2 Å². The van der Waals surface area contributed by atoms with Crippen LogP contribution in [0.2, 0.25) is 0 Å². The van der Waals surface area contributed by atoms with E-state index in [4.69, 9.17) is 4.98 Å². The number of pyridine rings is 1. The summed E-state index contributed by atoms with van der Waals surface area (Å²) in [7, 11) is 1.92. The molecule has 4 aromatic rings. The summed E-state index contributed by atoms with van der Waals surface area (Å²) in [5.41, 5.74) is 2.07. The molecule has 0 spiro atoms. The topological polar surface area (TPSA) is 75.9 Å². The smallest absolute Gasteiger partial charge is 0.321 e. The monoisotopic (exact) mass is 600 g/mol. The molecule has 3 aliphatic rings. The van der Waals surface area contributed by atoms with E-state index in [1.54, 1.807) is 12.4 Å². The highest BCUT2D eigenvalue weighted by molar-refractivity contribution is 6.10. The molecule has 44 heavy (non-hydrogen) atoms. The van der Waals surface area contributed by atoms with E-state index < -0.39 is 17.6 Å². The third-order valence-electron chi connectivity index (χ3n) is 9.97. The van der Waals surface area contributed by atoms with Crippen LogP contribution in [0.4, 0.5) is 19.0 Å². The first kappa shape index (κ1) is 28.7. The van der Waals surface area contributed by atoms with Gasteiger partial charge in [0.25, 0.3) is 5.91 Å². The number of halogens is 3. The number of nitrogens with one attached hydrogen (secondary N) is 1. The highest BCUT2D eigenvalue weighted by atomic mass is 19.4. The van der Waals surface area contributed by atoms with Gasteiger partial charge in [-0.15, -0.1) is 10.2 Å². The lowest BCUT2D eigenvalue weighted by atomic mass is 9.62. The Morgan fingerprint density at radius 3 is 2.36 bits per heavy atom. The molecule has 1 aliphatic heterocycles. The van der Waals surface area contributed by atoms with Crippen LogP contribution in [0.1, 0.15) is 83.9 Å². The highest BCUT2D eigenvalue weighted by Crippen LogP contribution is 2.48. The number of aryl methyl sites for hydroxylation is 1. The Morgan fingerprint density at radius 1 is 1.00 bits per heavy atom. The molecule has 7 rings (SSSR count). The molecule has 1 amide bonds. The maximum Gasteiger partial charge on any atom is 0.416 e. The second-order valence-corrected chi connectivity index (χ2v) is 13.0. The minimum absolute atomic E-state index is 0.00649. The maximum atomic E-state index is 14.4. The Labute approximate surface area is 254 Å². The van der Waals surface area contributed by atoms with Crippen LogP contribution in [0.3, 0.4) is 0 Å². The Balaban J connectivity index is 1.29. The second kappa shape index (κ2) is 10.5. The van der Waals surface area contributed by atoms with Crippen molar-refractivity contribution in [3.05, 3.63) is 94.6 Å². The fraction of sp³-hybridized carbons (Fsp3) is 0.412. The van der Waals surface area contributed by atoms with Gasteiger partial charge in [0.15, 0.2) is 0 Å². The van der Waals surface area contributed by atoms with Crippen LogP contribution >= 0.6 is 0 Å². The van der Waals surface area contributed by atoms with Gasteiger partial charge >= 0.3 is 6.18 Å². The standard InChI is InChI=1S/C34H35F3N6O/c1-32(10-6-11-32)38-19-22-14-25-26(27(15-22)34(35,36)37)20-43(31(25)44)29-17-24(16-28(40-29)23-8-4-3-5-9-23)33(12-7-13-33)18-30-41-39-21-42(30)2/h3-5,8-9,14-17,21,38H,6-7,10-13,18-20H2,1-2H3. The lowest BCUT2D eigenvalue weighted by Gasteiger charge is -2.42. The zero-order valence-electron chi connectivity index (χ0n) is 24.9. The molecule has 0 unspecified atom stereocenters. The average Bonchev–Trinajstić information content (AvgIpc) is 3.53. The predicted octanol–water partition coefficient (Wildman–Crippen LogP) is 6.75. The maximum absolute atomic E-state index is 14.4.